The normalized spacial score (nSPS) is 17.6. The fourth-order valence-electron chi connectivity index (χ4n) is 2.64. The van der Waals surface area contributed by atoms with Crippen molar-refractivity contribution in [3.63, 3.8) is 0 Å². The van der Waals surface area contributed by atoms with Crippen LogP contribution in [0.15, 0.2) is 12.1 Å². The first kappa shape index (κ1) is 14.9. The first-order valence-electron chi connectivity index (χ1n) is 6.84. The molecule has 1 aromatic carbocycles. The van der Waals surface area contributed by atoms with Crippen molar-refractivity contribution in [1.82, 2.24) is 0 Å². The third-order valence-electron chi connectivity index (χ3n) is 3.87. The van der Waals surface area contributed by atoms with Crippen LogP contribution in [0.4, 0.5) is 0 Å². The topological polar surface area (TPSA) is 62.9 Å². The van der Waals surface area contributed by atoms with Gasteiger partial charge in [0.25, 0.3) is 0 Å². The van der Waals surface area contributed by atoms with Crippen molar-refractivity contribution in [1.29, 1.82) is 0 Å². The van der Waals surface area contributed by atoms with Crippen molar-refractivity contribution in [2.75, 3.05) is 34.5 Å². The molecule has 1 saturated heterocycles. The van der Waals surface area contributed by atoms with Gasteiger partial charge in [-0.1, -0.05) is 0 Å². The highest BCUT2D eigenvalue weighted by Crippen LogP contribution is 2.40. The molecule has 5 nitrogen and oxygen atoms in total. The molecule has 5 heteroatoms. The van der Waals surface area contributed by atoms with E-state index < -0.39 is 0 Å². The summed E-state index contributed by atoms with van der Waals surface area (Å²) in [4.78, 5) is 0. The second kappa shape index (κ2) is 6.81. The second-order valence-electron chi connectivity index (χ2n) is 4.92. The van der Waals surface area contributed by atoms with Crippen LogP contribution in [-0.2, 0) is 4.74 Å². The Morgan fingerprint density at radius 1 is 1.00 bits per heavy atom. The summed E-state index contributed by atoms with van der Waals surface area (Å²) in [5.74, 6) is 2.45. The maximum Gasteiger partial charge on any atom is 0.164 e. The van der Waals surface area contributed by atoms with Gasteiger partial charge in [-0.2, -0.15) is 0 Å². The Bertz CT molecular complexity index is 444. The summed E-state index contributed by atoms with van der Waals surface area (Å²) in [6.45, 7) is 1.54. The maximum absolute atomic E-state index is 6.43. The summed E-state index contributed by atoms with van der Waals surface area (Å²) < 4.78 is 21.5. The molecule has 0 unspecified atom stereocenters. The predicted octanol–water partition coefficient (Wildman–Crippen LogP) is 2.14. The molecule has 1 aliphatic heterocycles. The van der Waals surface area contributed by atoms with E-state index in [0.29, 0.717) is 17.4 Å². The minimum atomic E-state index is -0.0892. The van der Waals surface area contributed by atoms with Gasteiger partial charge in [-0.05, 0) is 24.8 Å². The fourth-order valence-corrected chi connectivity index (χ4v) is 2.64. The quantitative estimate of drug-likeness (QED) is 0.896. The molecule has 0 spiro atoms. The molecule has 2 rings (SSSR count). The van der Waals surface area contributed by atoms with Gasteiger partial charge < -0.3 is 24.7 Å². The molecule has 0 amide bonds. The van der Waals surface area contributed by atoms with Gasteiger partial charge in [0.05, 0.1) is 21.3 Å². The molecule has 0 saturated carbocycles. The lowest BCUT2D eigenvalue weighted by atomic mass is 9.87. The minimum Gasteiger partial charge on any atom is -0.496 e. The molecule has 1 aliphatic rings. The van der Waals surface area contributed by atoms with E-state index in [1.54, 1.807) is 21.3 Å². The maximum atomic E-state index is 6.43. The van der Waals surface area contributed by atoms with Crippen molar-refractivity contribution in [3.05, 3.63) is 17.7 Å². The molecule has 1 aromatic rings. The number of benzene rings is 1. The summed E-state index contributed by atoms with van der Waals surface area (Å²) in [5, 5.41) is 0. The number of hydrogen-bond acceptors (Lipinski definition) is 5. The first-order valence-corrected chi connectivity index (χ1v) is 6.84. The Hall–Kier alpha value is -1.46. The van der Waals surface area contributed by atoms with Crippen LogP contribution >= 0.6 is 0 Å². The molecule has 0 aliphatic carbocycles. The third kappa shape index (κ3) is 2.99. The molecule has 0 bridgehead atoms. The number of rotatable bonds is 5. The van der Waals surface area contributed by atoms with Crippen LogP contribution in [0, 0.1) is 5.92 Å². The number of nitrogens with two attached hydrogens (primary N) is 1. The lowest BCUT2D eigenvalue weighted by Crippen LogP contribution is -2.27. The molecule has 1 atom stereocenters. The molecule has 1 fully saturated rings. The van der Waals surface area contributed by atoms with Crippen molar-refractivity contribution >= 4 is 0 Å². The average Bonchev–Trinajstić information content (AvgIpc) is 2.53. The van der Waals surface area contributed by atoms with Crippen LogP contribution in [0.1, 0.15) is 24.4 Å². The van der Waals surface area contributed by atoms with E-state index in [1.807, 2.05) is 12.1 Å². The molecule has 112 valence electrons. The van der Waals surface area contributed by atoms with E-state index in [0.717, 1.165) is 37.4 Å². The Balaban J connectivity index is 2.32. The zero-order valence-corrected chi connectivity index (χ0v) is 12.3. The van der Waals surface area contributed by atoms with Crippen LogP contribution in [0.2, 0.25) is 0 Å². The Labute approximate surface area is 120 Å². The van der Waals surface area contributed by atoms with Crippen molar-refractivity contribution in [3.8, 4) is 17.2 Å². The zero-order valence-electron chi connectivity index (χ0n) is 12.3. The van der Waals surface area contributed by atoms with Gasteiger partial charge in [-0.15, -0.1) is 0 Å². The minimum absolute atomic E-state index is 0.0892. The van der Waals surface area contributed by atoms with E-state index >= 15 is 0 Å². The van der Waals surface area contributed by atoms with Crippen molar-refractivity contribution in [2.45, 2.75) is 18.9 Å². The van der Waals surface area contributed by atoms with Crippen LogP contribution < -0.4 is 19.9 Å². The first-order chi connectivity index (χ1) is 9.71. The highest BCUT2D eigenvalue weighted by Gasteiger charge is 2.26. The fraction of sp³-hybridized carbons (Fsp3) is 0.600. The Kier molecular flexibility index (Phi) is 5.09. The Morgan fingerprint density at radius 3 is 2.10 bits per heavy atom. The van der Waals surface area contributed by atoms with Gasteiger partial charge in [-0.25, -0.2) is 0 Å². The molecule has 0 radical (unpaired) electrons. The van der Waals surface area contributed by atoms with E-state index in [4.69, 9.17) is 24.7 Å². The number of methoxy groups -OCH3 is 3. The van der Waals surface area contributed by atoms with E-state index in [9.17, 15) is 0 Å². The molecule has 20 heavy (non-hydrogen) atoms. The third-order valence-corrected chi connectivity index (χ3v) is 3.87. The Morgan fingerprint density at radius 2 is 1.55 bits per heavy atom. The second-order valence-corrected chi connectivity index (χ2v) is 4.92. The monoisotopic (exact) mass is 281 g/mol. The lowest BCUT2D eigenvalue weighted by molar-refractivity contribution is 0.0581. The van der Waals surface area contributed by atoms with E-state index in [2.05, 4.69) is 0 Å². The summed E-state index contributed by atoms with van der Waals surface area (Å²) in [5.41, 5.74) is 7.38. The highest BCUT2D eigenvalue weighted by atomic mass is 16.5. The SMILES string of the molecule is COc1cc(OC)c([C@H](N)C2CCOCC2)cc1OC. The average molecular weight is 281 g/mol. The predicted molar refractivity (Wildman–Crippen MR) is 76.6 cm³/mol. The number of hydrogen-bond donors (Lipinski definition) is 1. The molecular formula is C15H23NO4. The van der Waals surface area contributed by atoms with Crippen LogP contribution in [0.5, 0.6) is 17.2 Å². The van der Waals surface area contributed by atoms with Gasteiger partial charge >= 0.3 is 0 Å². The van der Waals surface area contributed by atoms with Gasteiger partial charge in [0.1, 0.15) is 5.75 Å². The lowest BCUT2D eigenvalue weighted by Gasteiger charge is -2.29. The summed E-state index contributed by atoms with van der Waals surface area (Å²) >= 11 is 0. The molecular weight excluding hydrogens is 258 g/mol. The smallest absolute Gasteiger partial charge is 0.164 e. The molecule has 2 N–H and O–H groups in total. The summed E-state index contributed by atoms with van der Waals surface area (Å²) in [6.07, 6.45) is 1.94. The standard InChI is InChI=1S/C15H23NO4/c1-17-12-9-14(19-3)13(18-2)8-11(12)15(16)10-4-6-20-7-5-10/h8-10,15H,4-7,16H2,1-3H3/t15-/m1/s1. The number of ether oxygens (including phenoxy) is 4. The van der Waals surface area contributed by atoms with Crippen LogP contribution in [-0.4, -0.2) is 34.5 Å². The summed E-state index contributed by atoms with van der Waals surface area (Å²) in [6, 6.07) is 3.65. The van der Waals surface area contributed by atoms with Gasteiger partial charge in [0.2, 0.25) is 0 Å². The van der Waals surface area contributed by atoms with Crippen molar-refractivity contribution in [2.24, 2.45) is 11.7 Å². The molecule has 1 heterocycles. The molecule has 0 aromatic heterocycles. The summed E-state index contributed by atoms with van der Waals surface area (Å²) in [7, 11) is 4.87. The zero-order chi connectivity index (χ0) is 14.5. The van der Waals surface area contributed by atoms with E-state index in [-0.39, 0.29) is 6.04 Å². The van der Waals surface area contributed by atoms with Gasteiger partial charge in [-0.3, -0.25) is 0 Å². The van der Waals surface area contributed by atoms with Crippen LogP contribution in [0.3, 0.4) is 0 Å². The van der Waals surface area contributed by atoms with Crippen molar-refractivity contribution < 1.29 is 18.9 Å². The van der Waals surface area contributed by atoms with Gasteiger partial charge in [0, 0.05) is 30.9 Å². The van der Waals surface area contributed by atoms with E-state index in [1.165, 1.54) is 0 Å². The highest BCUT2D eigenvalue weighted by molar-refractivity contribution is 5.51. The van der Waals surface area contributed by atoms with Crippen LogP contribution in [0.25, 0.3) is 0 Å². The largest absolute Gasteiger partial charge is 0.496 e. The van der Waals surface area contributed by atoms with Gasteiger partial charge in [0.15, 0.2) is 11.5 Å².